The molecule has 1 N–H and O–H groups in total. The van der Waals surface area contributed by atoms with Crippen molar-refractivity contribution in [3.63, 3.8) is 0 Å². The molecule has 5 aromatic rings. The van der Waals surface area contributed by atoms with Crippen LogP contribution in [0.4, 0.5) is 10.2 Å². The molecule has 0 saturated carbocycles. The van der Waals surface area contributed by atoms with E-state index in [0.717, 1.165) is 56.1 Å². The smallest absolute Gasteiger partial charge is 0.213 e. The molecule has 0 unspecified atom stereocenters. The Balaban J connectivity index is 1.60. The van der Waals surface area contributed by atoms with Gasteiger partial charge in [-0.1, -0.05) is 6.07 Å². The predicted molar refractivity (Wildman–Crippen MR) is 118 cm³/mol. The second-order valence-corrected chi connectivity index (χ2v) is 7.76. The molecule has 0 atom stereocenters. The van der Waals surface area contributed by atoms with Gasteiger partial charge in [0.25, 0.3) is 0 Å². The molecule has 8 heteroatoms. The second-order valence-electron chi connectivity index (χ2n) is 7.76. The standard InChI is InChI=1S/C23H22FN7/c1-13-9-21(26-12-16-7-8-25-20(24)10-16)31-23(27-13)22(15(3)29-31)17-5-6-19-18(11-17)14(2)28-30(19)4/h5-11,26H,12H2,1-4H3. The van der Waals surface area contributed by atoms with Crippen LogP contribution in [-0.4, -0.2) is 29.4 Å². The van der Waals surface area contributed by atoms with Gasteiger partial charge in [0.2, 0.25) is 5.95 Å². The zero-order valence-electron chi connectivity index (χ0n) is 17.8. The summed E-state index contributed by atoms with van der Waals surface area (Å²) in [5.74, 6) is 0.307. The summed E-state index contributed by atoms with van der Waals surface area (Å²) in [7, 11) is 1.95. The minimum atomic E-state index is -0.492. The lowest BCUT2D eigenvalue weighted by Crippen LogP contribution is -2.07. The van der Waals surface area contributed by atoms with Crippen molar-refractivity contribution in [3.8, 4) is 11.1 Å². The van der Waals surface area contributed by atoms with Crippen molar-refractivity contribution >= 4 is 22.4 Å². The van der Waals surface area contributed by atoms with Crippen LogP contribution in [0.3, 0.4) is 0 Å². The molecule has 0 saturated heterocycles. The first-order chi connectivity index (χ1) is 14.9. The molecule has 0 radical (unpaired) electrons. The number of pyridine rings is 1. The highest BCUT2D eigenvalue weighted by atomic mass is 19.1. The van der Waals surface area contributed by atoms with Gasteiger partial charge in [-0.25, -0.2) is 9.97 Å². The Kier molecular flexibility index (Phi) is 4.43. The van der Waals surface area contributed by atoms with Crippen LogP contribution < -0.4 is 5.32 Å². The molecular formula is C23H22FN7. The third-order valence-electron chi connectivity index (χ3n) is 5.48. The summed E-state index contributed by atoms with van der Waals surface area (Å²) in [6, 6.07) is 11.5. The number of anilines is 1. The maximum atomic E-state index is 13.4. The first-order valence-corrected chi connectivity index (χ1v) is 10.1. The number of hydrogen-bond donors (Lipinski definition) is 1. The number of aryl methyl sites for hydroxylation is 4. The molecule has 0 aliphatic carbocycles. The zero-order valence-corrected chi connectivity index (χ0v) is 17.8. The molecule has 0 aliphatic rings. The predicted octanol–water partition coefficient (Wildman–Crippen LogP) is 4.35. The fraction of sp³-hybridized carbons (Fsp3) is 0.217. The Labute approximate surface area is 178 Å². The Morgan fingerprint density at radius 3 is 2.65 bits per heavy atom. The largest absolute Gasteiger partial charge is 0.366 e. The number of fused-ring (bicyclic) bond motifs is 2. The first-order valence-electron chi connectivity index (χ1n) is 10.1. The third kappa shape index (κ3) is 3.30. The molecule has 1 aromatic carbocycles. The number of hydrogen-bond acceptors (Lipinski definition) is 5. The van der Waals surface area contributed by atoms with Gasteiger partial charge in [-0.05, 0) is 56.2 Å². The van der Waals surface area contributed by atoms with Crippen LogP contribution in [0.15, 0.2) is 42.6 Å². The van der Waals surface area contributed by atoms with E-state index < -0.39 is 5.95 Å². The van der Waals surface area contributed by atoms with Gasteiger partial charge >= 0.3 is 0 Å². The summed E-state index contributed by atoms with van der Waals surface area (Å²) in [6.45, 7) is 6.41. The minimum absolute atomic E-state index is 0.451. The van der Waals surface area contributed by atoms with Crippen LogP contribution in [0.25, 0.3) is 27.7 Å². The van der Waals surface area contributed by atoms with Crippen LogP contribution in [-0.2, 0) is 13.6 Å². The molecule has 31 heavy (non-hydrogen) atoms. The van der Waals surface area contributed by atoms with Gasteiger partial charge in [-0.15, -0.1) is 0 Å². The lowest BCUT2D eigenvalue weighted by Gasteiger charge is -2.10. The Morgan fingerprint density at radius 2 is 1.84 bits per heavy atom. The first kappa shape index (κ1) is 19.2. The van der Waals surface area contributed by atoms with Crippen molar-refractivity contribution in [3.05, 3.63) is 71.2 Å². The summed E-state index contributed by atoms with van der Waals surface area (Å²) in [4.78, 5) is 8.39. The number of benzene rings is 1. The number of nitrogens with zero attached hydrogens (tertiary/aromatic N) is 6. The van der Waals surface area contributed by atoms with Gasteiger partial charge in [-0.3, -0.25) is 4.68 Å². The topological polar surface area (TPSA) is 72.9 Å². The molecule has 4 aromatic heterocycles. The van der Waals surface area contributed by atoms with Gasteiger partial charge in [0.05, 0.1) is 16.9 Å². The summed E-state index contributed by atoms with van der Waals surface area (Å²) in [5, 5.41) is 13.8. The molecule has 0 fully saturated rings. The molecular weight excluding hydrogens is 393 g/mol. The molecule has 0 spiro atoms. The summed E-state index contributed by atoms with van der Waals surface area (Å²) in [6.07, 6.45) is 1.46. The van der Waals surface area contributed by atoms with E-state index in [9.17, 15) is 4.39 Å². The Bertz CT molecular complexity index is 1450. The molecule has 0 bridgehead atoms. The van der Waals surface area contributed by atoms with Gasteiger partial charge in [0.15, 0.2) is 5.65 Å². The van der Waals surface area contributed by atoms with Gasteiger partial charge in [-0.2, -0.15) is 19.1 Å². The average molecular weight is 415 g/mol. The fourth-order valence-electron chi connectivity index (χ4n) is 4.05. The SMILES string of the molecule is Cc1cc(NCc2ccnc(F)c2)n2nc(C)c(-c3ccc4c(c3)c(C)nn4C)c2n1. The van der Waals surface area contributed by atoms with Crippen molar-refractivity contribution in [1.29, 1.82) is 0 Å². The van der Waals surface area contributed by atoms with Gasteiger partial charge in [0.1, 0.15) is 5.82 Å². The van der Waals surface area contributed by atoms with E-state index in [2.05, 4.69) is 33.6 Å². The highest BCUT2D eigenvalue weighted by Gasteiger charge is 2.17. The highest BCUT2D eigenvalue weighted by Crippen LogP contribution is 2.32. The third-order valence-corrected chi connectivity index (χ3v) is 5.48. The number of rotatable bonds is 4. The molecule has 0 aliphatic heterocycles. The number of nitrogens with one attached hydrogen (secondary N) is 1. The molecule has 156 valence electrons. The fourth-order valence-corrected chi connectivity index (χ4v) is 4.05. The van der Waals surface area contributed by atoms with Crippen molar-refractivity contribution in [2.75, 3.05) is 5.32 Å². The Hall–Kier alpha value is -3.81. The van der Waals surface area contributed by atoms with Crippen LogP contribution >= 0.6 is 0 Å². The lowest BCUT2D eigenvalue weighted by molar-refractivity contribution is 0.581. The Morgan fingerprint density at radius 1 is 1.00 bits per heavy atom. The lowest BCUT2D eigenvalue weighted by atomic mass is 10.0. The van der Waals surface area contributed by atoms with Gasteiger partial charge in [0, 0.05) is 42.5 Å². The van der Waals surface area contributed by atoms with Crippen molar-refractivity contribution in [2.24, 2.45) is 7.05 Å². The van der Waals surface area contributed by atoms with E-state index in [-0.39, 0.29) is 0 Å². The maximum absolute atomic E-state index is 13.4. The average Bonchev–Trinajstić information content (AvgIpc) is 3.21. The monoisotopic (exact) mass is 415 g/mol. The van der Waals surface area contributed by atoms with Crippen LogP contribution in [0.1, 0.15) is 22.6 Å². The minimum Gasteiger partial charge on any atom is -0.366 e. The van der Waals surface area contributed by atoms with Crippen molar-refractivity contribution in [2.45, 2.75) is 27.3 Å². The van der Waals surface area contributed by atoms with E-state index >= 15 is 0 Å². The maximum Gasteiger partial charge on any atom is 0.213 e. The number of aromatic nitrogens is 6. The van der Waals surface area contributed by atoms with Crippen LogP contribution in [0.2, 0.25) is 0 Å². The molecule has 5 rings (SSSR count). The van der Waals surface area contributed by atoms with Crippen LogP contribution in [0.5, 0.6) is 0 Å². The van der Waals surface area contributed by atoms with E-state index in [4.69, 9.17) is 10.1 Å². The normalized spacial score (nSPS) is 11.5. The summed E-state index contributed by atoms with van der Waals surface area (Å²) < 4.78 is 17.1. The van der Waals surface area contributed by atoms with E-state index in [0.29, 0.717) is 6.54 Å². The highest BCUT2D eigenvalue weighted by molar-refractivity contribution is 5.90. The van der Waals surface area contributed by atoms with Crippen molar-refractivity contribution in [1.82, 2.24) is 29.4 Å². The van der Waals surface area contributed by atoms with E-state index in [1.165, 1.54) is 12.3 Å². The van der Waals surface area contributed by atoms with Gasteiger partial charge < -0.3 is 5.32 Å². The van der Waals surface area contributed by atoms with E-state index in [1.54, 1.807) is 6.07 Å². The van der Waals surface area contributed by atoms with Crippen LogP contribution in [0, 0.1) is 26.7 Å². The summed E-state index contributed by atoms with van der Waals surface area (Å²) >= 11 is 0. The quantitative estimate of drug-likeness (QED) is 0.442. The molecule has 4 heterocycles. The van der Waals surface area contributed by atoms with E-state index in [1.807, 2.05) is 43.1 Å². The molecule has 7 nitrogen and oxygen atoms in total. The second kappa shape index (κ2) is 7.16. The molecule has 0 amide bonds. The zero-order chi connectivity index (χ0) is 21.7. The number of halogens is 1. The van der Waals surface area contributed by atoms with Crippen molar-refractivity contribution < 1.29 is 4.39 Å². The summed E-state index contributed by atoms with van der Waals surface area (Å²) in [5.41, 5.74) is 7.46.